The number of fused-ring (bicyclic) bond motifs is 1. The minimum atomic E-state index is -1.10. The van der Waals surface area contributed by atoms with E-state index >= 15 is 0 Å². The molecular weight excluding hydrogens is 362 g/mol. The number of hydrogen-bond acceptors (Lipinski definition) is 3. The van der Waals surface area contributed by atoms with Gasteiger partial charge in [0.15, 0.2) is 0 Å². The molecule has 2 aromatic carbocycles. The van der Waals surface area contributed by atoms with Crippen LogP contribution in [0, 0.1) is 11.8 Å². The molecule has 1 saturated heterocycles. The van der Waals surface area contributed by atoms with Crippen LogP contribution in [0.2, 0.25) is 5.02 Å². The van der Waals surface area contributed by atoms with Crippen molar-refractivity contribution in [3.05, 3.63) is 70.9 Å². The van der Waals surface area contributed by atoms with Gasteiger partial charge in [-0.3, -0.25) is 4.79 Å². The van der Waals surface area contributed by atoms with Crippen molar-refractivity contribution in [1.82, 2.24) is 4.90 Å². The quantitative estimate of drug-likeness (QED) is 0.647. The molecule has 0 aliphatic carbocycles. The van der Waals surface area contributed by atoms with Gasteiger partial charge in [0, 0.05) is 41.9 Å². The third kappa shape index (κ3) is 3.71. The molecule has 0 atom stereocenters. The molecule has 1 aliphatic rings. The summed E-state index contributed by atoms with van der Waals surface area (Å²) in [6, 6.07) is 14.7. The second kappa shape index (κ2) is 7.11. The first-order valence-electron chi connectivity index (χ1n) is 8.81. The number of carbonyl (C=O) groups is 1. The maximum absolute atomic E-state index is 12.8. The first-order valence-corrected chi connectivity index (χ1v) is 9.19. The Morgan fingerprint density at radius 2 is 1.93 bits per heavy atom. The normalized spacial score (nSPS) is 16.0. The predicted octanol–water partition coefficient (Wildman–Crippen LogP) is 4.11. The Morgan fingerprint density at radius 1 is 1.15 bits per heavy atom. The van der Waals surface area contributed by atoms with E-state index in [9.17, 15) is 9.90 Å². The molecule has 136 valence electrons. The molecule has 1 amide bonds. The lowest BCUT2D eigenvalue weighted by molar-refractivity contribution is 0.0249. The maximum Gasteiger partial charge on any atom is 0.257 e. The average Bonchev–Trinajstić information content (AvgIpc) is 3.11. The fourth-order valence-electron chi connectivity index (χ4n) is 3.27. The molecule has 27 heavy (non-hydrogen) atoms. The lowest BCUT2D eigenvalue weighted by Gasteiger charge is -2.35. The van der Waals surface area contributed by atoms with E-state index in [2.05, 4.69) is 11.8 Å². The van der Waals surface area contributed by atoms with E-state index in [-0.39, 0.29) is 5.91 Å². The highest BCUT2D eigenvalue weighted by atomic mass is 35.5. The monoisotopic (exact) mass is 379 g/mol. The molecule has 5 heteroatoms. The molecule has 0 unspecified atom stereocenters. The van der Waals surface area contributed by atoms with Gasteiger partial charge in [0.1, 0.15) is 17.4 Å². The summed E-state index contributed by atoms with van der Waals surface area (Å²) >= 11 is 5.96. The molecule has 1 fully saturated rings. The molecule has 3 aromatic rings. The number of rotatable bonds is 1. The number of furan rings is 1. The Hall–Kier alpha value is -2.74. The summed E-state index contributed by atoms with van der Waals surface area (Å²) in [5, 5.41) is 12.2. The summed E-state index contributed by atoms with van der Waals surface area (Å²) < 4.78 is 5.47. The second-order valence-electron chi connectivity index (χ2n) is 6.73. The Kier molecular flexibility index (Phi) is 4.65. The van der Waals surface area contributed by atoms with Gasteiger partial charge < -0.3 is 14.4 Å². The summed E-state index contributed by atoms with van der Waals surface area (Å²) in [7, 11) is 0. The van der Waals surface area contributed by atoms with Crippen LogP contribution in [-0.2, 0) is 0 Å². The summed E-state index contributed by atoms with van der Waals surface area (Å²) in [4.78, 5) is 14.6. The lowest BCUT2D eigenvalue weighted by Crippen LogP contribution is -2.46. The van der Waals surface area contributed by atoms with Crippen LogP contribution in [-0.4, -0.2) is 34.6 Å². The zero-order valence-electron chi connectivity index (χ0n) is 14.6. The van der Waals surface area contributed by atoms with Gasteiger partial charge in [-0.2, -0.15) is 0 Å². The van der Waals surface area contributed by atoms with Crippen molar-refractivity contribution in [2.24, 2.45) is 0 Å². The van der Waals surface area contributed by atoms with E-state index in [4.69, 9.17) is 16.0 Å². The molecule has 1 N–H and O–H groups in total. The standard InChI is InChI=1S/C22H18ClNO3/c23-17-5-3-4-16(14-17)8-9-22(26)10-12-24(13-11-22)21(25)19-15-27-20-7-2-1-6-18(19)20/h1-7,14-15,26H,10-13H2. The zero-order chi connectivity index (χ0) is 18.9. The van der Waals surface area contributed by atoms with Gasteiger partial charge in [-0.05, 0) is 24.3 Å². The number of likely N-dealkylation sites (tertiary alicyclic amines) is 1. The largest absolute Gasteiger partial charge is 0.463 e. The van der Waals surface area contributed by atoms with E-state index in [1.807, 2.05) is 36.4 Å². The number of para-hydroxylation sites is 1. The molecule has 2 heterocycles. The molecule has 0 radical (unpaired) electrons. The number of carbonyl (C=O) groups excluding carboxylic acids is 1. The van der Waals surface area contributed by atoms with E-state index in [1.54, 1.807) is 17.0 Å². The van der Waals surface area contributed by atoms with Crippen molar-refractivity contribution in [1.29, 1.82) is 0 Å². The van der Waals surface area contributed by atoms with Gasteiger partial charge in [-0.15, -0.1) is 0 Å². The van der Waals surface area contributed by atoms with Crippen LogP contribution in [0.25, 0.3) is 11.0 Å². The second-order valence-corrected chi connectivity index (χ2v) is 7.17. The van der Waals surface area contributed by atoms with E-state index in [0.717, 1.165) is 10.9 Å². The number of amides is 1. The minimum absolute atomic E-state index is 0.0789. The fraction of sp³-hybridized carbons (Fsp3) is 0.227. The number of hydrogen-bond donors (Lipinski definition) is 1. The van der Waals surface area contributed by atoms with Gasteiger partial charge >= 0.3 is 0 Å². The lowest BCUT2D eigenvalue weighted by atomic mass is 9.91. The number of benzene rings is 2. The highest BCUT2D eigenvalue weighted by molar-refractivity contribution is 6.30. The molecule has 0 saturated carbocycles. The van der Waals surface area contributed by atoms with Gasteiger partial charge in [-0.1, -0.05) is 47.7 Å². The van der Waals surface area contributed by atoms with Gasteiger partial charge in [0.25, 0.3) is 5.91 Å². The molecular formula is C22H18ClNO3. The third-order valence-corrected chi connectivity index (χ3v) is 5.09. The molecule has 4 nitrogen and oxygen atoms in total. The summed E-state index contributed by atoms with van der Waals surface area (Å²) in [5.41, 5.74) is 0.916. The van der Waals surface area contributed by atoms with Crippen LogP contribution in [0.4, 0.5) is 0 Å². The minimum Gasteiger partial charge on any atom is -0.463 e. The number of nitrogens with zero attached hydrogens (tertiary/aromatic N) is 1. The highest BCUT2D eigenvalue weighted by Crippen LogP contribution is 2.26. The van der Waals surface area contributed by atoms with Gasteiger partial charge in [0.05, 0.1) is 5.56 Å². The van der Waals surface area contributed by atoms with Crippen LogP contribution in [0.1, 0.15) is 28.8 Å². The van der Waals surface area contributed by atoms with Crippen LogP contribution >= 0.6 is 11.6 Å². The Labute approximate surface area is 162 Å². The summed E-state index contributed by atoms with van der Waals surface area (Å²) in [5.74, 6) is 5.87. The van der Waals surface area contributed by atoms with E-state index in [0.29, 0.717) is 42.1 Å². The topological polar surface area (TPSA) is 53.7 Å². The van der Waals surface area contributed by atoms with Crippen molar-refractivity contribution >= 4 is 28.5 Å². The van der Waals surface area contributed by atoms with Crippen molar-refractivity contribution in [3.63, 3.8) is 0 Å². The van der Waals surface area contributed by atoms with Crippen LogP contribution < -0.4 is 0 Å². The number of piperidine rings is 1. The maximum atomic E-state index is 12.8. The zero-order valence-corrected chi connectivity index (χ0v) is 15.4. The number of halogens is 1. The summed E-state index contributed by atoms with van der Waals surface area (Å²) in [6.07, 6.45) is 2.32. The molecule has 0 spiro atoms. The summed E-state index contributed by atoms with van der Waals surface area (Å²) in [6.45, 7) is 0.887. The van der Waals surface area contributed by atoms with Crippen molar-refractivity contribution in [2.75, 3.05) is 13.1 Å². The highest BCUT2D eigenvalue weighted by Gasteiger charge is 2.33. The Balaban J connectivity index is 1.46. The number of aliphatic hydroxyl groups is 1. The van der Waals surface area contributed by atoms with Crippen molar-refractivity contribution < 1.29 is 14.3 Å². The SMILES string of the molecule is O=C(c1coc2ccccc12)N1CCC(O)(C#Cc2cccc(Cl)c2)CC1. The van der Waals surface area contributed by atoms with Crippen LogP contribution in [0.15, 0.2) is 59.2 Å². The fourth-order valence-corrected chi connectivity index (χ4v) is 3.46. The first kappa shape index (κ1) is 17.7. The average molecular weight is 380 g/mol. The van der Waals surface area contributed by atoms with Crippen molar-refractivity contribution in [3.8, 4) is 11.8 Å². The van der Waals surface area contributed by atoms with Crippen LogP contribution in [0.5, 0.6) is 0 Å². The Bertz CT molecular complexity index is 1050. The van der Waals surface area contributed by atoms with Crippen LogP contribution in [0.3, 0.4) is 0 Å². The molecule has 1 aliphatic heterocycles. The molecule has 1 aromatic heterocycles. The van der Waals surface area contributed by atoms with Crippen molar-refractivity contribution in [2.45, 2.75) is 18.4 Å². The van der Waals surface area contributed by atoms with Gasteiger partial charge in [0.2, 0.25) is 0 Å². The smallest absolute Gasteiger partial charge is 0.257 e. The van der Waals surface area contributed by atoms with Gasteiger partial charge in [-0.25, -0.2) is 0 Å². The predicted molar refractivity (Wildman–Crippen MR) is 105 cm³/mol. The third-order valence-electron chi connectivity index (χ3n) is 4.85. The molecule has 0 bridgehead atoms. The Morgan fingerprint density at radius 3 is 2.70 bits per heavy atom. The van der Waals surface area contributed by atoms with E-state index < -0.39 is 5.60 Å². The molecule has 4 rings (SSSR count). The van der Waals surface area contributed by atoms with E-state index in [1.165, 1.54) is 6.26 Å². The first-order chi connectivity index (χ1) is 13.0.